The summed E-state index contributed by atoms with van der Waals surface area (Å²) in [6, 6.07) is 12.6. The van der Waals surface area contributed by atoms with Crippen LogP contribution in [0.4, 0.5) is 4.39 Å². The fraction of sp³-hybridized carbons (Fsp3) is 0.290. The van der Waals surface area contributed by atoms with Crippen LogP contribution >= 0.6 is 11.6 Å². The van der Waals surface area contributed by atoms with E-state index in [1.165, 1.54) is 6.07 Å². The molecule has 1 unspecified atom stereocenters. The van der Waals surface area contributed by atoms with E-state index >= 15 is 4.39 Å². The van der Waals surface area contributed by atoms with Gasteiger partial charge in [0.15, 0.2) is 0 Å². The van der Waals surface area contributed by atoms with Crippen molar-refractivity contribution in [2.45, 2.75) is 39.2 Å². The summed E-state index contributed by atoms with van der Waals surface area (Å²) in [5, 5.41) is 3.55. The quantitative estimate of drug-likeness (QED) is 0.326. The zero-order valence-electron chi connectivity index (χ0n) is 21.8. The SMILES string of the molecule is C=C1C=C(C(=O)N2CCNC(C=O)C2)C=CN1/C(Cl)=C(\CCCC)c1ccccc1-c1ccc(C)cc1F. The van der Waals surface area contributed by atoms with Crippen LogP contribution in [0.2, 0.25) is 0 Å². The predicted octanol–water partition coefficient (Wildman–Crippen LogP) is 6.17. The molecule has 2 heterocycles. The molecule has 7 heteroatoms. The van der Waals surface area contributed by atoms with Crippen LogP contribution in [-0.2, 0) is 9.59 Å². The van der Waals surface area contributed by atoms with E-state index in [1.54, 1.807) is 34.2 Å². The normalized spacial score (nSPS) is 18.3. The number of rotatable bonds is 8. The number of carbonyl (C=O) groups is 2. The van der Waals surface area contributed by atoms with Crippen molar-refractivity contribution in [1.82, 2.24) is 15.1 Å². The smallest absolute Gasteiger partial charge is 0.254 e. The summed E-state index contributed by atoms with van der Waals surface area (Å²) in [5.41, 5.74) is 4.94. The number of aryl methyl sites for hydroxylation is 1. The van der Waals surface area contributed by atoms with E-state index in [0.717, 1.165) is 41.4 Å². The summed E-state index contributed by atoms with van der Waals surface area (Å²) < 4.78 is 15.0. The van der Waals surface area contributed by atoms with Gasteiger partial charge in [0.2, 0.25) is 0 Å². The lowest BCUT2D eigenvalue weighted by Gasteiger charge is -2.33. The minimum Gasteiger partial charge on any atom is -0.335 e. The molecule has 0 radical (unpaired) electrons. The Morgan fingerprint density at radius 1 is 1.24 bits per heavy atom. The number of amides is 1. The summed E-state index contributed by atoms with van der Waals surface area (Å²) in [5.74, 6) is -0.427. The molecule has 38 heavy (non-hydrogen) atoms. The zero-order valence-corrected chi connectivity index (χ0v) is 22.6. The van der Waals surface area contributed by atoms with Crippen molar-refractivity contribution in [2.24, 2.45) is 0 Å². The van der Waals surface area contributed by atoms with Gasteiger partial charge in [0.05, 0.1) is 6.04 Å². The van der Waals surface area contributed by atoms with Gasteiger partial charge in [0.25, 0.3) is 5.91 Å². The van der Waals surface area contributed by atoms with Crippen molar-refractivity contribution < 1.29 is 14.0 Å². The molecule has 1 N–H and O–H groups in total. The van der Waals surface area contributed by atoms with Gasteiger partial charge < -0.3 is 19.9 Å². The maximum absolute atomic E-state index is 15.0. The molecule has 2 aliphatic heterocycles. The number of nitrogens with one attached hydrogen (secondary N) is 1. The fourth-order valence-corrected chi connectivity index (χ4v) is 5.14. The molecule has 0 bridgehead atoms. The number of allylic oxidation sites excluding steroid dienone is 2. The topological polar surface area (TPSA) is 52.7 Å². The standard InChI is InChI=1S/C31H33ClFN3O2/c1-4-5-8-28(26-10-7-6-9-25(26)27-12-11-21(2)17-29(27)33)30(32)36-15-13-23(18-22(36)3)31(38)35-16-14-34-24(19-35)20-37/h6-7,9-13,15,17-18,20,24,34H,3-5,8,14,16,19H2,1-2H3/b30-28+. The van der Waals surface area contributed by atoms with Gasteiger partial charge in [0.1, 0.15) is 17.3 Å². The molecule has 2 aromatic carbocycles. The number of piperazine rings is 1. The summed E-state index contributed by atoms with van der Waals surface area (Å²) in [4.78, 5) is 27.7. The predicted molar refractivity (Wildman–Crippen MR) is 152 cm³/mol. The van der Waals surface area contributed by atoms with Gasteiger partial charge >= 0.3 is 0 Å². The number of hydrogen-bond acceptors (Lipinski definition) is 4. The van der Waals surface area contributed by atoms with Crippen LogP contribution in [-0.4, -0.2) is 47.7 Å². The molecule has 0 spiro atoms. The largest absolute Gasteiger partial charge is 0.335 e. The molecule has 1 fully saturated rings. The van der Waals surface area contributed by atoms with E-state index in [2.05, 4.69) is 18.8 Å². The van der Waals surface area contributed by atoms with Gasteiger partial charge in [-0.1, -0.05) is 67.9 Å². The first-order valence-electron chi connectivity index (χ1n) is 12.9. The van der Waals surface area contributed by atoms with E-state index in [9.17, 15) is 9.59 Å². The number of benzene rings is 2. The highest BCUT2D eigenvalue weighted by atomic mass is 35.5. The molecule has 198 valence electrons. The first-order valence-corrected chi connectivity index (χ1v) is 13.3. The Morgan fingerprint density at radius 3 is 2.74 bits per heavy atom. The Morgan fingerprint density at radius 2 is 2.03 bits per heavy atom. The van der Waals surface area contributed by atoms with Gasteiger partial charge in [-0.05, 0) is 60.2 Å². The van der Waals surface area contributed by atoms with E-state index in [1.807, 2.05) is 37.3 Å². The van der Waals surface area contributed by atoms with Crippen molar-refractivity contribution >= 4 is 29.4 Å². The molecule has 0 aromatic heterocycles. The molecule has 0 aliphatic carbocycles. The first kappa shape index (κ1) is 27.6. The molecule has 2 aromatic rings. The molecule has 1 atom stereocenters. The number of aldehydes is 1. The number of nitrogens with zero attached hydrogens (tertiary/aromatic N) is 2. The van der Waals surface area contributed by atoms with Crippen molar-refractivity contribution in [3.05, 3.63) is 101 Å². The second-order valence-corrected chi connectivity index (χ2v) is 9.98. The molecule has 2 aliphatic rings. The van der Waals surface area contributed by atoms with E-state index in [-0.39, 0.29) is 17.8 Å². The number of halogens is 2. The van der Waals surface area contributed by atoms with Gasteiger partial charge in [0, 0.05) is 42.7 Å². The van der Waals surface area contributed by atoms with Crippen LogP contribution in [0.1, 0.15) is 37.3 Å². The summed E-state index contributed by atoms with van der Waals surface area (Å²) in [6.45, 7) is 9.57. The summed E-state index contributed by atoms with van der Waals surface area (Å²) >= 11 is 7.06. The monoisotopic (exact) mass is 533 g/mol. The third-order valence-corrected chi connectivity index (χ3v) is 7.26. The average Bonchev–Trinajstić information content (AvgIpc) is 2.93. The van der Waals surface area contributed by atoms with E-state index < -0.39 is 0 Å². The van der Waals surface area contributed by atoms with Crippen LogP contribution in [0.15, 0.2) is 83.8 Å². The molecule has 1 saturated heterocycles. The van der Waals surface area contributed by atoms with Gasteiger partial charge in [-0.15, -0.1) is 0 Å². The number of unbranched alkanes of at least 4 members (excludes halogenated alkanes) is 1. The summed E-state index contributed by atoms with van der Waals surface area (Å²) in [6.07, 6.45) is 8.58. The zero-order chi connectivity index (χ0) is 27.2. The van der Waals surface area contributed by atoms with Gasteiger partial charge in [-0.3, -0.25) is 4.79 Å². The molecule has 4 rings (SSSR count). The van der Waals surface area contributed by atoms with Crippen molar-refractivity contribution in [2.75, 3.05) is 19.6 Å². The van der Waals surface area contributed by atoms with Crippen LogP contribution in [0.5, 0.6) is 0 Å². The number of carbonyl (C=O) groups excluding carboxylic acids is 2. The maximum atomic E-state index is 15.0. The molecule has 0 saturated carbocycles. The van der Waals surface area contributed by atoms with E-state index in [0.29, 0.717) is 48.0 Å². The molecular weight excluding hydrogens is 501 g/mol. The fourth-order valence-electron chi connectivity index (χ4n) is 4.78. The maximum Gasteiger partial charge on any atom is 0.254 e. The highest BCUT2D eigenvalue weighted by Crippen LogP contribution is 2.38. The Hall–Kier alpha value is -3.48. The highest BCUT2D eigenvalue weighted by molar-refractivity contribution is 6.32. The molecular formula is C31H33ClFN3O2. The van der Waals surface area contributed by atoms with Crippen molar-refractivity contribution in [3.8, 4) is 11.1 Å². The minimum atomic E-state index is -0.363. The lowest BCUT2D eigenvalue weighted by molar-refractivity contribution is -0.128. The Bertz CT molecular complexity index is 1330. The van der Waals surface area contributed by atoms with Crippen molar-refractivity contribution in [1.29, 1.82) is 0 Å². The highest BCUT2D eigenvalue weighted by Gasteiger charge is 2.27. The number of hydrogen-bond donors (Lipinski definition) is 1. The van der Waals surface area contributed by atoms with Gasteiger partial charge in [-0.25, -0.2) is 4.39 Å². The Balaban J connectivity index is 1.67. The lowest BCUT2D eigenvalue weighted by Crippen LogP contribution is -2.53. The molecule has 5 nitrogen and oxygen atoms in total. The Kier molecular flexibility index (Phi) is 8.97. The third-order valence-electron chi connectivity index (χ3n) is 6.85. The van der Waals surface area contributed by atoms with Crippen LogP contribution in [0, 0.1) is 12.7 Å². The minimum absolute atomic E-state index is 0.151. The van der Waals surface area contributed by atoms with Crippen molar-refractivity contribution in [3.63, 3.8) is 0 Å². The molecule has 1 amide bonds. The van der Waals surface area contributed by atoms with Crippen LogP contribution in [0.3, 0.4) is 0 Å². The average molecular weight is 534 g/mol. The van der Waals surface area contributed by atoms with Crippen LogP contribution < -0.4 is 5.32 Å². The van der Waals surface area contributed by atoms with E-state index in [4.69, 9.17) is 11.6 Å². The van der Waals surface area contributed by atoms with Gasteiger partial charge in [-0.2, -0.15) is 0 Å². The van der Waals surface area contributed by atoms with Crippen LogP contribution in [0.25, 0.3) is 16.7 Å². The Labute approximate surface area is 229 Å². The first-order chi connectivity index (χ1) is 18.3. The second-order valence-electron chi connectivity index (χ2n) is 9.63. The second kappa shape index (κ2) is 12.4. The lowest BCUT2D eigenvalue weighted by atomic mass is 9.91. The third kappa shape index (κ3) is 5.98. The summed E-state index contributed by atoms with van der Waals surface area (Å²) in [7, 11) is 0.